The maximum absolute atomic E-state index is 11.2. The minimum absolute atomic E-state index is 0.223. The average molecular weight is 354 g/mol. The van der Waals surface area contributed by atoms with Gasteiger partial charge in [-0.25, -0.2) is 0 Å². The minimum atomic E-state index is -0.815. The third kappa shape index (κ3) is 2.74. The number of carboxylic acid groups (broad SMARTS) is 1. The van der Waals surface area contributed by atoms with Gasteiger partial charge >= 0.3 is 5.97 Å². The van der Waals surface area contributed by atoms with Crippen molar-refractivity contribution in [1.82, 2.24) is 0 Å². The largest absolute Gasteiger partial charge is 0.481 e. The fourth-order valence-corrected chi connectivity index (χ4v) is 4.50. The zero-order valence-corrected chi connectivity index (χ0v) is 12.9. The molecule has 2 rings (SSSR count). The van der Waals surface area contributed by atoms with Gasteiger partial charge in [0.2, 0.25) is 0 Å². The Balaban J connectivity index is 2.22. The summed E-state index contributed by atoms with van der Waals surface area (Å²) in [5, 5.41) is 20.1. The smallest absolute Gasteiger partial charge is 0.306 e. The van der Waals surface area contributed by atoms with Crippen molar-refractivity contribution in [1.29, 1.82) is 0 Å². The number of hydrogen-bond donors (Lipinski definition) is 2. The molecule has 0 bridgehead atoms. The van der Waals surface area contributed by atoms with Crippen LogP contribution in [0, 0.1) is 17.8 Å². The Morgan fingerprint density at radius 2 is 2.28 bits per heavy atom. The number of hydrogen-bond acceptors (Lipinski definition) is 3. The third-order valence-corrected chi connectivity index (χ3v) is 6.07. The number of aliphatic hydroxyl groups excluding tert-OH is 1. The van der Waals surface area contributed by atoms with Crippen LogP contribution in [0.2, 0.25) is 5.02 Å². The monoisotopic (exact) mass is 352 g/mol. The average Bonchev–Trinajstić information content (AvgIpc) is 2.82. The lowest BCUT2D eigenvalue weighted by atomic mass is 9.90. The lowest BCUT2D eigenvalue weighted by molar-refractivity contribution is -0.144. The first-order valence-electron chi connectivity index (χ1n) is 5.75. The van der Waals surface area contributed by atoms with E-state index in [0.717, 1.165) is 15.1 Å². The molecule has 0 spiro atoms. The van der Waals surface area contributed by atoms with Crippen LogP contribution >= 0.6 is 38.9 Å². The summed E-state index contributed by atoms with van der Waals surface area (Å²) in [6.45, 7) is 2.03. The van der Waals surface area contributed by atoms with Crippen molar-refractivity contribution in [3.63, 3.8) is 0 Å². The molecule has 3 nitrogen and oxygen atoms in total. The number of thiophene rings is 1. The molecule has 1 aromatic heterocycles. The molecule has 1 fully saturated rings. The van der Waals surface area contributed by atoms with Gasteiger partial charge in [0.15, 0.2) is 0 Å². The van der Waals surface area contributed by atoms with Crippen LogP contribution in [0.1, 0.15) is 30.7 Å². The standard InChI is InChI=1S/C12H14BrClO3S/c1-5-2-6(7(3-5)12(16)17)10(15)9-4-8(14)11(13)18-9/h4-7,10,15H,2-3H2,1H3,(H,16,17). The topological polar surface area (TPSA) is 57.5 Å². The third-order valence-electron chi connectivity index (χ3n) is 3.53. The quantitative estimate of drug-likeness (QED) is 0.865. The molecule has 4 atom stereocenters. The van der Waals surface area contributed by atoms with Gasteiger partial charge in [-0.15, -0.1) is 11.3 Å². The van der Waals surface area contributed by atoms with E-state index in [4.69, 9.17) is 11.6 Å². The van der Waals surface area contributed by atoms with E-state index in [-0.39, 0.29) is 5.92 Å². The highest BCUT2D eigenvalue weighted by Gasteiger charge is 2.41. The summed E-state index contributed by atoms with van der Waals surface area (Å²) in [6, 6.07) is 1.71. The summed E-state index contributed by atoms with van der Waals surface area (Å²) in [5.41, 5.74) is 0. The predicted octanol–water partition coefficient (Wildman–Crippen LogP) is 3.94. The SMILES string of the molecule is CC1CC(C(=O)O)C(C(O)c2cc(Cl)c(Br)s2)C1. The van der Waals surface area contributed by atoms with Crippen LogP contribution in [0.4, 0.5) is 0 Å². The van der Waals surface area contributed by atoms with Crippen LogP contribution in [-0.2, 0) is 4.79 Å². The Kier molecular flexibility index (Phi) is 4.36. The highest BCUT2D eigenvalue weighted by Crippen LogP contribution is 2.46. The van der Waals surface area contributed by atoms with E-state index >= 15 is 0 Å². The van der Waals surface area contributed by atoms with Gasteiger partial charge in [-0.2, -0.15) is 0 Å². The first-order valence-corrected chi connectivity index (χ1v) is 7.74. The van der Waals surface area contributed by atoms with Gasteiger partial charge in [-0.3, -0.25) is 4.79 Å². The molecular weight excluding hydrogens is 340 g/mol. The number of carboxylic acids is 1. The first-order chi connectivity index (χ1) is 8.40. The Bertz CT molecular complexity index is 443. The molecule has 6 heteroatoms. The highest BCUT2D eigenvalue weighted by atomic mass is 79.9. The maximum Gasteiger partial charge on any atom is 0.306 e. The number of carbonyl (C=O) groups is 1. The van der Waals surface area contributed by atoms with Gasteiger partial charge < -0.3 is 10.2 Å². The van der Waals surface area contributed by atoms with E-state index in [1.165, 1.54) is 11.3 Å². The van der Waals surface area contributed by atoms with Gasteiger partial charge in [0.05, 0.1) is 20.8 Å². The molecule has 4 unspecified atom stereocenters. The lowest BCUT2D eigenvalue weighted by Gasteiger charge is -2.21. The van der Waals surface area contributed by atoms with E-state index in [1.54, 1.807) is 6.07 Å². The second-order valence-corrected chi connectivity index (χ2v) is 7.71. The highest BCUT2D eigenvalue weighted by molar-refractivity contribution is 9.11. The number of aliphatic hydroxyl groups is 1. The second-order valence-electron chi connectivity index (χ2n) is 4.90. The van der Waals surface area contributed by atoms with Crippen molar-refractivity contribution in [3.05, 3.63) is 19.8 Å². The van der Waals surface area contributed by atoms with Gasteiger partial charge in [0, 0.05) is 10.8 Å². The Hall–Kier alpha value is -0.100. The molecule has 1 heterocycles. The fourth-order valence-electron chi connectivity index (χ4n) is 2.69. The van der Waals surface area contributed by atoms with Crippen molar-refractivity contribution in [2.45, 2.75) is 25.9 Å². The second kappa shape index (κ2) is 5.49. The van der Waals surface area contributed by atoms with E-state index in [9.17, 15) is 15.0 Å². The van der Waals surface area contributed by atoms with Crippen LogP contribution in [0.3, 0.4) is 0 Å². The Morgan fingerprint density at radius 3 is 2.78 bits per heavy atom. The van der Waals surface area contributed by atoms with Crippen LogP contribution < -0.4 is 0 Å². The molecule has 1 aromatic rings. The normalized spacial score (nSPS) is 29.4. The molecular formula is C12H14BrClO3S. The molecule has 1 saturated carbocycles. The van der Waals surface area contributed by atoms with Crippen LogP contribution in [0.25, 0.3) is 0 Å². The summed E-state index contributed by atoms with van der Waals surface area (Å²) >= 11 is 10.6. The predicted molar refractivity (Wildman–Crippen MR) is 75.0 cm³/mol. The van der Waals surface area contributed by atoms with Crippen LogP contribution in [0.5, 0.6) is 0 Å². The van der Waals surface area contributed by atoms with Gasteiger partial charge in [-0.1, -0.05) is 18.5 Å². The van der Waals surface area contributed by atoms with Gasteiger partial charge in [-0.05, 0) is 40.8 Å². The number of halogens is 2. The lowest BCUT2D eigenvalue weighted by Crippen LogP contribution is -2.23. The Labute approximate surface area is 123 Å². The first kappa shape index (κ1) is 14.3. The molecule has 0 radical (unpaired) electrons. The van der Waals surface area contributed by atoms with E-state index in [1.807, 2.05) is 6.92 Å². The Morgan fingerprint density at radius 1 is 1.61 bits per heavy atom. The maximum atomic E-state index is 11.2. The molecule has 1 aliphatic carbocycles. The summed E-state index contributed by atoms with van der Waals surface area (Å²) in [7, 11) is 0. The van der Waals surface area contributed by atoms with Crippen molar-refractivity contribution in [2.24, 2.45) is 17.8 Å². The van der Waals surface area contributed by atoms with E-state index in [2.05, 4.69) is 15.9 Å². The molecule has 18 heavy (non-hydrogen) atoms. The molecule has 2 N–H and O–H groups in total. The number of rotatable bonds is 3. The fraction of sp³-hybridized carbons (Fsp3) is 0.583. The zero-order valence-electron chi connectivity index (χ0n) is 9.77. The molecule has 0 aliphatic heterocycles. The summed E-state index contributed by atoms with van der Waals surface area (Å²) in [5.74, 6) is -1.16. The number of aliphatic carboxylic acids is 1. The van der Waals surface area contributed by atoms with Crippen LogP contribution in [0.15, 0.2) is 9.85 Å². The molecule has 100 valence electrons. The molecule has 0 saturated heterocycles. The summed E-state index contributed by atoms with van der Waals surface area (Å²) < 4.78 is 0.774. The molecule has 1 aliphatic rings. The summed E-state index contributed by atoms with van der Waals surface area (Å²) in [6.07, 6.45) is 0.632. The van der Waals surface area contributed by atoms with Crippen molar-refractivity contribution in [2.75, 3.05) is 0 Å². The van der Waals surface area contributed by atoms with Crippen molar-refractivity contribution in [3.8, 4) is 0 Å². The molecule has 0 amide bonds. The van der Waals surface area contributed by atoms with Gasteiger partial charge in [0.1, 0.15) is 0 Å². The van der Waals surface area contributed by atoms with E-state index in [0.29, 0.717) is 17.4 Å². The molecule has 0 aromatic carbocycles. The summed E-state index contributed by atoms with van der Waals surface area (Å²) in [4.78, 5) is 12.0. The zero-order chi connectivity index (χ0) is 13.4. The van der Waals surface area contributed by atoms with E-state index < -0.39 is 18.0 Å². The van der Waals surface area contributed by atoms with Crippen LogP contribution in [-0.4, -0.2) is 16.2 Å². The van der Waals surface area contributed by atoms with Gasteiger partial charge in [0.25, 0.3) is 0 Å². The van der Waals surface area contributed by atoms with Crippen molar-refractivity contribution >= 4 is 44.8 Å². The van der Waals surface area contributed by atoms with Crippen molar-refractivity contribution < 1.29 is 15.0 Å². The minimum Gasteiger partial charge on any atom is -0.481 e.